The van der Waals surface area contributed by atoms with Gasteiger partial charge in [0, 0.05) is 13.0 Å². The zero-order valence-electron chi connectivity index (χ0n) is 12.1. The van der Waals surface area contributed by atoms with Crippen LogP contribution in [-0.2, 0) is 4.79 Å². The second kappa shape index (κ2) is 11.1. The van der Waals surface area contributed by atoms with Crippen molar-refractivity contribution in [1.82, 2.24) is 10.2 Å². The highest BCUT2D eigenvalue weighted by Crippen LogP contribution is 2.06. The van der Waals surface area contributed by atoms with Gasteiger partial charge in [0.25, 0.3) is 5.91 Å². The molecule has 0 aliphatic carbocycles. The normalized spacial score (nSPS) is 12.2. The number of hydrogen-bond acceptors (Lipinski definition) is 2. The van der Waals surface area contributed by atoms with Gasteiger partial charge in [0.2, 0.25) is 0 Å². The first-order valence-corrected chi connectivity index (χ1v) is 6.76. The minimum absolute atomic E-state index is 0.374. The number of rotatable bonds is 1. The predicted molar refractivity (Wildman–Crippen MR) is 83.2 cm³/mol. The number of carbonyl (C=O) groups is 1. The summed E-state index contributed by atoms with van der Waals surface area (Å²) in [4.78, 5) is 13.1. The summed E-state index contributed by atoms with van der Waals surface area (Å²) in [7, 11) is 1.51. The van der Waals surface area contributed by atoms with Gasteiger partial charge in [0.15, 0.2) is 0 Å². The number of likely N-dealkylation sites (tertiary alicyclic amines) is 1. The molecule has 1 saturated heterocycles. The lowest BCUT2D eigenvalue weighted by molar-refractivity contribution is -0.115. The Bertz CT molecular complexity index is 657. The van der Waals surface area contributed by atoms with Gasteiger partial charge >= 0.3 is 0 Å². The molecule has 1 rings (SSSR count). The topological polar surface area (TPSA) is 32.3 Å². The van der Waals surface area contributed by atoms with E-state index in [9.17, 15) is 4.79 Å². The number of hydrogen-bond donors (Lipinski definition) is 1. The molecule has 0 bridgehead atoms. The summed E-state index contributed by atoms with van der Waals surface area (Å²) in [6, 6.07) is 0. The summed E-state index contributed by atoms with van der Waals surface area (Å²) in [5.74, 6) is 25.3. The molecular formula is C18H16N2O. The van der Waals surface area contributed by atoms with Gasteiger partial charge in [-0.15, -0.1) is 0 Å². The Morgan fingerprint density at radius 1 is 0.905 bits per heavy atom. The molecule has 1 aliphatic rings. The predicted octanol–water partition coefficient (Wildman–Crippen LogP) is 0.235. The van der Waals surface area contributed by atoms with Crippen LogP contribution in [0.1, 0.15) is 19.3 Å². The third-order valence-corrected chi connectivity index (χ3v) is 2.68. The van der Waals surface area contributed by atoms with Crippen LogP contribution in [0.3, 0.4) is 0 Å². The first-order chi connectivity index (χ1) is 10.3. The zero-order valence-corrected chi connectivity index (χ0v) is 12.1. The molecule has 1 aliphatic heterocycles. The highest BCUT2D eigenvalue weighted by molar-refractivity contribution is 5.93. The van der Waals surface area contributed by atoms with Crippen LogP contribution in [0, 0.1) is 59.2 Å². The van der Waals surface area contributed by atoms with E-state index in [1.165, 1.54) is 26.3 Å². The molecule has 1 heterocycles. The first-order valence-electron chi connectivity index (χ1n) is 6.76. The van der Waals surface area contributed by atoms with Crippen molar-refractivity contribution < 1.29 is 4.79 Å². The third-order valence-electron chi connectivity index (χ3n) is 2.68. The second-order valence-electron chi connectivity index (χ2n) is 4.22. The van der Waals surface area contributed by atoms with Crippen molar-refractivity contribution in [3.8, 4) is 59.2 Å². The Balaban J connectivity index is 2.30. The Morgan fingerprint density at radius 2 is 1.48 bits per heavy atom. The van der Waals surface area contributed by atoms with Crippen molar-refractivity contribution >= 4 is 5.91 Å². The molecule has 3 heteroatoms. The average molecular weight is 276 g/mol. The lowest BCUT2D eigenvalue weighted by atomic mass is 10.1. The quantitative estimate of drug-likeness (QED) is 0.696. The van der Waals surface area contributed by atoms with Crippen LogP contribution in [0.2, 0.25) is 0 Å². The Hall–Kier alpha value is -2.77. The summed E-state index contributed by atoms with van der Waals surface area (Å²) in [6.07, 6.45) is 3.86. The monoisotopic (exact) mass is 276 g/mol. The van der Waals surface area contributed by atoms with Crippen LogP contribution < -0.4 is 5.32 Å². The Kier molecular flexibility index (Phi) is 8.60. The number of nitrogens with one attached hydrogen (secondary N) is 1. The molecular weight excluding hydrogens is 260 g/mol. The van der Waals surface area contributed by atoms with E-state index in [2.05, 4.69) is 69.4 Å². The number of carbonyl (C=O) groups excluding carboxylic acids is 1. The van der Waals surface area contributed by atoms with E-state index in [0.717, 1.165) is 19.6 Å². The lowest BCUT2D eigenvalue weighted by Gasteiger charge is -2.23. The molecule has 0 unspecified atom stereocenters. The van der Waals surface area contributed by atoms with Crippen LogP contribution >= 0.6 is 0 Å². The fourth-order valence-corrected chi connectivity index (χ4v) is 1.65. The fourth-order valence-electron chi connectivity index (χ4n) is 1.65. The maximum Gasteiger partial charge on any atom is 0.296 e. The second-order valence-corrected chi connectivity index (χ2v) is 4.22. The summed E-state index contributed by atoms with van der Waals surface area (Å²) in [6.45, 7) is 3.04. The third kappa shape index (κ3) is 8.87. The standard InChI is InChI=1S/C18H16N2O/c1-19-18(21)14-10-7-5-3-2-4-6-8-11-15-20-16-12-9-13-17-20/h9,12-13,15-17H2,1H3,(H,19,21). The van der Waals surface area contributed by atoms with Crippen molar-refractivity contribution in [3.05, 3.63) is 0 Å². The molecule has 0 radical (unpaired) electrons. The largest absolute Gasteiger partial charge is 0.348 e. The zero-order chi connectivity index (χ0) is 15.2. The van der Waals surface area contributed by atoms with Gasteiger partial charge in [-0.3, -0.25) is 9.69 Å². The van der Waals surface area contributed by atoms with Crippen molar-refractivity contribution in [2.24, 2.45) is 0 Å². The summed E-state index contributed by atoms with van der Waals surface area (Å²) < 4.78 is 0. The van der Waals surface area contributed by atoms with Gasteiger partial charge in [0.1, 0.15) is 0 Å². The van der Waals surface area contributed by atoms with E-state index in [1.807, 2.05) is 0 Å². The van der Waals surface area contributed by atoms with E-state index < -0.39 is 0 Å². The first kappa shape index (κ1) is 16.3. The molecule has 0 aromatic heterocycles. The maximum atomic E-state index is 10.7. The SMILES string of the molecule is CNC(=O)C#CC#CC#CC#CC#CCN1CCCCC1. The molecule has 21 heavy (non-hydrogen) atoms. The number of amides is 1. The van der Waals surface area contributed by atoms with Gasteiger partial charge < -0.3 is 5.32 Å². The molecule has 0 aromatic rings. The van der Waals surface area contributed by atoms with Crippen LogP contribution in [0.25, 0.3) is 0 Å². The van der Waals surface area contributed by atoms with Gasteiger partial charge in [-0.1, -0.05) is 12.3 Å². The average Bonchev–Trinajstić information content (AvgIpc) is 2.53. The smallest absolute Gasteiger partial charge is 0.296 e. The molecule has 0 aromatic carbocycles. The van der Waals surface area contributed by atoms with E-state index in [-0.39, 0.29) is 5.91 Å². The van der Waals surface area contributed by atoms with E-state index >= 15 is 0 Å². The Labute approximate surface area is 126 Å². The van der Waals surface area contributed by atoms with Crippen molar-refractivity contribution in [2.75, 3.05) is 26.7 Å². The van der Waals surface area contributed by atoms with Crippen molar-refractivity contribution in [2.45, 2.75) is 19.3 Å². The van der Waals surface area contributed by atoms with Gasteiger partial charge in [-0.2, -0.15) is 0 Å². The van der Waals surface area contributed by atoms with E-state index in [4.69, 9.17) is 0 Å². The molecule has 104 valence electrons. The summed E-state index contributed by atoms with van der Waals surface area (Å²) in [5.41, 5.74) is 0. The number of nitrogens with zero attached hydrogens (tertiary/aromatic N) is 1. The van der Waals surface area contributed by atoms with Crippen LogP contribution in [0.5, 0.6) is 0 Å². The highest BCUT2D eigenvalue weighted by Gasteiger charge is 2.07. The Morgan fingerprint density at radius 3 is 2.10 bits per heavy atom. The van der Waals surface area contributed by atoms with Crippen molar-refractivity contribution in [1.29, 1.82) is 0 Å². The minimum atomic E-state index is -0.374. The molecule has 3 nitrogen and oxygen atoms in total. The molecule has 0 spiro atoms. The molecule has 0 atom stereocenters. The maximum absolute atomic E-state index is 10.7. The van der Waals surface area contributed by atoms with E-state index in [1.54, 1.807) is 0 Å². The van der Waals surface area contributed by atoms with Gasteiger partial charge in [0.05, 0.1) is 6.54 Å². The highest BCUT2D eigenvalue weighted by atomic mass is 16.1. The molecule has 0 saturated carbocycles. The van der Waals surface area contributed by atoms with Gasteiger partial charge in [-0.05, 0) is 73.3 Å². The van der Waals surface area contributed by atoms with E-state index in [0.29, 0.717) is 0 Å². The molecule has 1 N–H and O–H groups in total. The van der Waals surface area contributed by atoms with Gasteiger partial charge in [-0.25, -0.2) is 0 Å². The number of piperidine rings is 1. The van der Waals surface area contributed by atoms with Crippen LogP contribution in [0.15, 0.2) is 0 Å². The molecule has 1 fully saturated rings. The molecule has 1 amide bonds. The summed E-state index contributed by atoms with van der Waals surface area (Å²) >= 11 is 0. The summed E-state index contributed by atoms with van der Waals surface area (Å²) in [5, 5.41) is 2.36. The van der Waals surface area contributed by atoms with Crippen molar-refractivity contribution in [3.63, 3.8) is 0 Å². The van der Waals surface area contributed by atoms with Crippen LogP contribution in [-0.4, -0.2) is 37.5 Å². The van der Waals surface area contributed by atoms with Crippen LogP contribution in [0.4, 0.5) is 0 Å². The fraction of sp³-hybridized carbons (Fsp3) is 0.389. The minimum Gasteiger partial charge on any atom is -0.348 e. The lowest BCUT2D eigenvalue weighted by Crippen LogP contribution is -2.29.